The molecule has 0 aliphatic carbocycles. The van der Waals surface area contributed by atoms with Gasteiger partial charge in [-0.2, -0.15) is 0 Å². The molecule has 1 aromatic carbocycles. The van der Waals surface area contributed by atoms with Crippen LogP contribution in [0.1, 0.15) is 161 Å². The number of hydrogen-bond acceptors (Lipinski definition) is 3. The van der Waals surface area contributed by atoms with Gasteiger partial charge in [0.2, 0.25) is 0 Å². The lowest BCUT2D eigenvalue weighted by Gasteiger charge is -2.45. The number of benzene rings is 1. The summed E-state index contributed by atoms with van der Waals surface area (Å²) >= 11 is 0. The molecule has 1 aliphatic heterocycles. The molecule has 0 spiro atoms. The van der Waals surface area contributed by atoms with Crippen molar-refractivity contribution in [3.8, 4) is 11.5 Å². The summed E-state index contributed by atoms with van der Waals surface area (Å²) in [6.07, 6.45) is 20.1. The van der Waals surface area contributed by atoms with Crippen molar-refractivity contribution in [1.82, 2.24) is 0 Å². The Bertz CT molecular complexity index is 900. The molecule has 1 aromatic rings. The van der Waals surface area contributed by atoms with Crippen molar-refractivity contribution in [2.45, 2.75) is 176 Å². The van der Waals surface area contributed by atoms with Crippen LogP contribution in [0.5, 0.6) is 11.5 Å². The van der Waals surface area contributed by atoms with Gasteiger partial charge in [0.05, 0.1) is 0 Å². The molecule has 1 atom stereocenters. The summed E-state index contributed by atoms with van der Waals surface area (Å²) in [6.45, 7) is 23.8. The van der Waals surface area contributed by atoms with Crippen LogP contribution in [0.3, 0.4) is 0 Å². The quantitative estimate of drug-likeness (QED) is 0.205. The fourth-order valence-electron chi connectivity index (χ4n) is 5.11. The highest BCUT2D eigenvalue weighted by Gasteiger charge is 2.36. The summed E-state index contributed by atoms with van der Waals surface area (Å²) in [5.74, 6) is 1.53. The van der Waals surface area contributed by atoms with Crippen LogP contribution in [0, 0.1) is 20.8 Å². The second kappa shape index (κ2) is 19.0. The smallest absolute Gasteiger partial charge is 0.303 e. The van der Waals surface area contributed by atoms with Crippen LogP contribution in [0.15, 0.2) is 0 Å². The Morgan fingerprint density at radius 3 is 1.76 bits per heavy atom. The van der Waals surface area contributed by atoms with E-state index in [-0.39, 0.29) is 10.3 Å². The minimum atomic E-state index is -1.25. The molecule has 1 heterocycles. The van der Waals surface area contributed by atoms with E-state index in [9.17, 15) is 4.79 Å². The van der Waals surface area contributed by atoms with E-state index in [0.717, 1.165) is 43.6 Å². The van der Waals surface area contributed by atoms with E-state index in [1.54, 1.807) is 0 Å². The van der Waals surface area contributed by atoms with E-state index in [4.69, 9.17) is 14.0 Å². The Balaban J connectivity index is 0.00000382. The molecule has 4 nitrogen and oxygen atoms in total. The number of aliphatic carboxylic acids is 1. The van der Waals surface area contributed by atoms with Crippen molar-refractivity contribution in [2.75, 3.05) is 12.5 Å². The predicted octanol–water partition coefficient (Wildman–Crippen LogP) is 11.7. The van der Waals surface area contributed by atoms with Crippen LogP contribution in [0.4, 0.5) is 0 Å². The molecular formula is C36H68O4S. The first-order chi connectivity index (χ1) is 19.2. The minimum absolute atomic E-state index is 0.0785. The van der Waals surface area contributed by atoms with Gasteiger partial charge in [0, 0.05) is 16.7 Å². The lowest BCUT2D eigenvalue weighted by molar-refractivity contribution is -0.137. The van der Waals surface area contributed by atoms with E-state index < -0.39 is 16.3 Å². The Kier molecular flexibility index (Phi) is 18.4. The third-order valence-corrected chi connectivity index (χ3v) is 12.2. The van der Waals surface area contributed by atoms with Gasteiger partial charge in [-0.15, -0.1) is 0 Å². The molecule has 2 rings (SSSR count). The highest BCUT2D eigenvalue weighted by Crippen LogP contribution is 2.56. The van der Waals surface area contributed by atoms with Gasteiger partial charge in [-0.1, -0.05) is 89.4 Å². The highest BCUT2D eigenvalue weighted by atomic mass is 32.3. The average molecular weight is 597 g/mol. The molecule has 242 valence electrons. The number of hydrogen-bond donors (Lipinski definition) is 1. The molecule has 41 heavy (non-hydrogen) atoms. The Morgan fingerprint density at radius 2 is 1.29 bits per heavy atom. The molecule has 0 unspecified atom stereocenters. The van der Waals surface area contributed by atoms with Gasteiger partial charge >= 0.3 is 5.97 Å². The molecule has 0 fully saturated rings. The zero-order chi connectivity index (χ0) is 31.9. The first-order valence-corrected chi connectivity index (χ1v) is 19.0. The van der Waals surface area contributed by atoms with E-state index in [0.29, 0.717) is 6.42 Å². The van der Waals surface area contributed by atoms with Crippen molar-refractivity contribution in [3.05, 3.63) is 22.3 Å². The largest absolute Gasteiger partial charge is 0.487 e. The van der Waals surface area contributed by atoms with E-state index in [1.807, 2.05) is 27.7 Å². The number of carboxylic acid groups (broad SMARTS) is 1. The van der Waals surface area contributed by atoms with Crippen LogP contribution >= 0.6 is 10.3 Å². The lowest BCUT2D eigenvalue weighted by Crippen LogP contribution is -2.37. The molecule has 0 saturated carbocycles. The highest BCUT2D eigenvalue weighted by molar-refractivity contribution is 8.30. The number of carboxylic acids is 1. The summed E-state index contributed by atoms with van der Waals surface area (Å²) in [6, 6.07) is 0. The van der Waals surface area contributed by atoms with E-state index in [1.165, 1.54) is 73.6 Å². The topological polar surface area (TPSA) is 55.8 Å². The van der Waals surface area contributed by atoms with Crippen molar-refractivity contribution in [3.63, 3.8) is 0 Å². The van der Waals surface area contributed by atoms with Crippen molar-refractivity contribution >= 4 is 16.3 Å². The van der Waals surface area contributed by atoms with Crippen LogP contribution in [0.25, 0.3) is 0 Å². The molecule has 0 radical (unpaired) electrons. The molecule has 0 aromatic heterocycles. The van der Waals surface area contributed by atoms with Crippen LogP contribution < -0.4 is 8.92 Å². The number of unbranched alkanes of at least 4 members (excludes halogenated alkanes) is 9. The first-order valence-electron chi connectivity index (χ1n) is 16.6. The predicted molar refractivity (Wildman–Crippen MR) is 184 cm³/mol. The molecule has 1 N–H and O–H groups in total. The van der Waals surface area contributed by atoms with Gasteiger partial charge in [-0.05, 0) is 110 Å². The van der Waals surface area contributed by atoms with Gasteiger partial charge in [0.1, 0.15) is 17.1 Å². The maximum Gasteiger partial charge on any atom is 0.303 e. The maximum atomic E-state index is 10.5. The van der Waals surface area contributed by atoms with Gasteiger partial charge in [0.15, 0.2) is 0 Å². The van der Waals surface area contributed by atoms with Gasteiger partial charge in [-0.3, -0.25) is 4.79 Å². The molecule has 1 aliphatic rings. The summed E-state index contributed by atoms with van der Waals surface area (Å²) in [5.41, 5.74) is 5.01. The molecule has 5 heteroatoms. The Labute approximate surface area is 257 Å². The normalized spacial score (nSPS) is 16.8. The minimum Gasteiger partial charge on any atom is -0.487 e. The fourth-order valence-corrected chi connectivity index (χ4v) is 6.02. The fraction of sp³-hybridized carbons (Fsp3) is 0.806. The lowest BCUT2D eigenvalue weighted by atomic mass is 9.84. The molecular weight excluding hydrogens is 528 g/mol. The average Bonchev–Trinajstić information content (AvgIpc) is 2.92. The van der Waals surface area contributed by atoms with Crippen molar-refractivity contribution in [1.29, 1.82) is 0 Å². The zero-order valence-corrected chi connectivity index (χ0v) is 30.3. The van der Waals surface area contributed by atoms with Gasteiger partial charge in [-0.25, -0.2) is 0 Å². The molecule has 0 saturated heterocycles. The summed E-state index contributed by atoms with van der Waals surface area (Å²) in [7, 11) is -1.25. The summed E-state index contributed by atoms with van der Waals surface area (Å²) in [4.78, 5) is 10.5. The standard InChI is InChI=1S/C32H56O4S.2C2H6/c1-24-25(2)30-27(26(3)29(24)36-37(8,9)31(4,5)6)21-23-32(7,35-30)22-19-17-15-13-11-10-12-14-16-18-20-28(33)34;2*1-2/h10-23H2,1-9H3,(H,33,34);2*1-2H3/t32-;;/m1../s1. The third-order valence-electron chi connectivity index (χ3n) is 8.68. The third kappa shape index (κ3) is 12.8. The van der Waals surface area contributed by atoms with Crippen molar-refractivity contribution in [2.24, 2.45) is 0 Å². The van der Waals surface area contributed by atoms with Crippen LogP contribution in [0.2, 0.25) is 0 Å². The zero-order valence-electron chi connectivity index (χ0n) is 29.5. The van der Waals surface area contributed by atoms with E-state index in [2.05, 4.69) is 61.0 Å². The number of carbonyl (C=O) groups is 1. The monoisotopic (exact) mass is 596 g/mol. The van der Waals surface area contributed by atoms with Crippen LogP contribution in [-0.4, -0.2) is 33.9 Å². The Morgan fingerprint density at radius 1 is 0.829 bits per heavy atom. The van der Waals surface area contributed by atoms with Crippen LogP contribution in [-0.2, 0) is 11.2 Å². The van der Waals surface area contributed by atoms with E-state index >= 15 is 0 Å². The summed E-state index contributed by atoms with van der Waals surface area (Å²) < 4.78 is 13.7. The number of ether oxygens (including phenoxy) is 1. The molecule has 0 amide bonds. The van der Waals surface area contributed by atoms with Gasteiger partial charge < -0.3 is 14.0 Å². The Hall–Kier alpha value is -1.36. The molecule has 0 bridgehead atoms. The second-order valence-corrected chi connectivity index (χ2v) is 16.8. The number of fused-ring (bicyclic) bond motifs is 1. The second-order valence-electron chi connectivity index (χ2n) is 12.9. The number of rotatable bonds is 15. The maximum absolute atomic E-state index is 10.5. The SMILES string of the molecule is CC.CC.Cc1c(C)c2c(c(C)c1OS(C)(C)C(C)(C)C)CC[C@@](C)(CCCCCCCCCCCCC(=O)O)O2. The van der Waals surface area contributed by atoms with Gasteiger partial charge in [0.25, 0.3) is 0 Å². The van der Waals surface area contributed by atoms with Crippen molar-refractivity contribution < 1.29 is 18.8 Å². The first kappa shape index (κ1) is 39.6. The summed E-state index contributed by atoms with van der Waals surface area (Å²) in [5, 5.41) is 8.69.